The summed E-state index contributed by atoms with van der Waals surface area (Å²) in [6, 6.07) is 5.56. The Morgan fingerprint density at radius 3 is 2.74 bits per heavy atom. The average Bonchev–Trinajstić information content (AvgIpc) is 2.76. The van der Waals surface area contributed by atoms with Crippen molar-refractivity contribution in [3.63, 3.8) is 0 Å². The molecular formula is C12H13Cl2IN4. The van der Waals surface area contributed by atoms with Gasteiger partial charge in [0.15, 0.2) is 0 Å². The highest BCUT2D eigenvalue weighted by molar-refractivity contribution is 14.1. The van der Waals surface area contributed by atoms with Crippen LogP contribution < -0.4 is 11.3 Å². The van der Waals surface area contributed by atoms with Crippen LogP contribution in [0, 0.1) is 3.57 Å². The number of hydrazine groups is 1. The lowest BCUT2D eigenvalue weighted by Gasteiger charge is -2.19. The third kappa shape index (κ3) is 3.05. The highest BCUT2D eigenvalue weighted by atomic mass is 127. The molecule has 1 unspecified atom stereocenters. The molecular weight excluding hydrogens is 398 g/mol. The van der Waals surface area contributed by atoms with E-state index in [0.29, 0.717) is 10.0 Å². The molecule has 0 aliphatic rings. The lowest BCUT2D eigenvalue weighted by molar-refractivity contribution is 0.543. The Bertz CT molecular complexity index is 585. The number of rotatable bonds is 4. The molecule has 19 heavy (non-hydrogen) atoms. The molecule has 0 saturated carbocycles. The van der Waals surface area contributed by atoms with E-state index in [1.807, 2.05) is 29.8 Å². The summed E-state index contributed by atoms with van der Waals surface area (Å²) in [5.74, 6) is 5.68. The number of hydrogen-bond donors (Lipinski definition) is 2. The van der Waals surface area contributed by atoms with E-state index < -0.39 is 0 Å². The molecule has 7 heteroatoms. The molecule has 0 aliphatic carbocycles. The standard InChI is InChI=1S/C12H13Cl2IN4/c1-2-19-12(9(14)6-17-19)11(18-16)7-3-4-10(15)8(13)5-7/h3-6,11,18H,2,16H2,1H3. The first-order chi connectivity index (χ1) is 9.08. The van der Waals surface area contributed by atoms with Gasteiger partial charge in [-0.2, -0.15) is 5.10 Å². The Kier molecular flexibility index (Phi) is 5.08. The van der Waals surface area contributed by atoms with E-state index >= 15 is 0 Å². The molecule has 0 bridgehead atoms. The van der Waals surface area contributed by atoms with E-state index in [1.54, 1.807) is 6.20 Å². The van der Waals surface area contributed by atoms with Crippen molar-refractivity contribution in [3.8, 4) is 0 Å². The van der Waals surface area contributed by atoms with Crippen molar-refractivity contribution in [3.05, 3.63) is 49.3 Å². The molecule has 2 rings (SSSR count). The van der Waals surface area contributed by atoms with Gasteiger partial charge in [-0.1, -0.05) is 29.3 Å². The van der Waals surface area contributed by atoms with Gasteiger partial charge in [-0.05, 0) is 47.2 Å². The van der Waals surface area contributed by atoms with Crippen molar-refractivity contribution >= 4 is 45.8 Å². The second-order valence-corrected chi connectivity index (χ2v) is 5.94. The van der Waals surface area contributed by atoms with Gasteiger partial charge in [0.2, 0.25) is 0 Å². The van der Waals surface area contributed by atoms with Crippen LogP contribution in [0.5, 0.6) is 0 Å². The third-order valence-electron chi connectivity index (χ3n) is 2.85. The maximum Gasteiger partial charge on any atom is 0.0894 e. The summed E-state index contributed by atoms with van der Waals surface area (Å²) in [5.41, 5.74) is 4.56. The molecule has 1 heterocycles. The van der Waals surface area contributed by atoms with Crippen LogP contribution in [-0.4, -0.2) is 9.78 Å². The monoisotopic (exact) mass is 410 g/mol. The molecule has 3 N–H and O–H groups in total. The lowest BCUT2D eigenvalue weighted by atomic mass is 10.0. The predicted molar refractivity (Wildman–Crippen MR) is 86.2 cm³/mol. The summed E-state index contributed by atoms with van der Waals surface area (Å²) in [6.45, 7) is 2.72. The number of aromatic nitrogens is 2. The maximum absolute atomic E-state index is 6.20. The average molecular weight is 411 g/mol. The molecule has 2 aromatic rings. The number of nitrogens with zero attached hydrogens (tertiary/aromatic N) is 2. The zero-order valence-electron chi connectivity index (χ0n) is 10.2. The Morgan fingerprint density at radius 1 is 1.42 bits per heavy atom. The molecule has 4 nitrogen and oxygen atoms in total. The minimum absolute atomic E-state index is 0.246. The van der Waals surface area contributed by atoms with Crippen LogP contribution in [0.15, 0.2) is 24.4 Å². The van der Waals surface area contributed by atoms with E-state index in [-0.39, 0.29) is 6.04 Å². The molecule has 0 spiro atoms. The van der Waals surface area contributed by atoms with Gasteiger partial charge < -0.3 is 0 Å². The predicted octanol–water partition coefficient (Wildman–Crippen LogP) is 3.37. The molecule has 0 radical (unpaired) electrons. The maximum atomic E-state index is 6.20. The van der Waals surface area contributed by atoms with Crippen molar-refractivity contribution in [2.24, 2.45) is 5.84 Å². The van der Waals surface area contributed by atoms with Gasteiger partial charge in [-0.3, -0.25) is 10.5 Å². The molecule has 0 amide bonds. The highest BCUT2D eigenvalue weighted by Gasteiger charge is 2.21. The van der Waals surface area contributed by atoms with Gasteiger partial charge in [0.25, 0.3) is 0 Å². The van der Waals surface area contributed by atoms with Gasteiger partial charge in [0, 0.05) is 10.1 Å². The Morgan fingerprint density at radius 2 is 2.16 bits per heavy atom. The van der Waals surface area contributed by atoms with Crippen LogP contribution in [0.1, 0.15) is 24.2 Å². The number of benzene rings is 1. The Labute approximate surface area is 135 Å². The largest absolute Gasteiger partial charge is 0.271 e. The number of nitrogens with one attached hydrogen (secondary N) is 1. The van der Waals surface area contributed by atoms with Crippen LogP contribution in [0.25, 0.3) is 0 Å². The first-order valence-corrected chi connectivity index (χ1v) is 7.54. The Balaban J connectivity index is 2.49. The Hall–Kier alpha value is -0.340. The first-order valence-electron chi connectivity index (χ1n) is 5.70. The third-order valence-corrected chi connectivity index (χ3v) is 4.71. The number of aryl methyl sites for hydroxylation is 1. The fraction of sp³-hybridized carbons (Fsp3) is 0.250. The summed E-state index contributed by atoms with van der Waals surface area (Å²) in [4.78, 5) is 0. The van der Waals surface area contributed by atoms with Crippen molar-refractivity contribution in [2.75, 3.05) is 0 Å². The molecule has 1 aromatic carbocycles. The SMILES string of the molecule is CCn1ncc(Cl)c1C(NN)c1ccc(I)c(Cl)c1. The quantitative estimate of drug-likeness (QED) is 0.461. The van der Waals surface area contributed by atoms with Gasteiger partial charge in [0.05, 0.1) is 28.0 Å². The van der Waals surface area contributed by atoms with Gasteiger partial charge >= 0.3 is 0 Å². The zero-order valence-corrected chi connectivity index (χ0v) is 13.9. The number of nitrogens with two attached hydrogens (primary N) is 1. The first kappa shape index (κ1) is 15.1. The van der Waals surface area contributed by atoms with Crippen LogP contribution >= 0.6 is 45.8 Å². The highest BCUT2D eigenvalue weighted by Crippen LogP contribution is 2.30. The second kappa shape index (κ2) is 6.41. The molecule has 1 aromatic heterocycles. The molecule has 0 fully saturated rings. The van der Waals surface area contributed by atoms with E-state index in [1.165, 1.54) is 0 Å². The fourth-order valence-electron chi connectivity index (χ4n) is 1.94. The van der Waals surface area contributed by atoms with Gasteiger partial charge in [-0.25, -0.2) is 5.43 Å². The molecule has 0 aliphatic heterocycles. The van der Waals surface area contributed by atoms with Crippen molar-refractivity contribution in [2.45, 2.75) is 19.5 Å². The number of hydrogen-bond acceptors (Lipinski definition) is 3. The van der Waals surface area contributed by atoms with Crippen LogP contribution in [-0.2, 0) is 6.54 Å². The van der Waals surface area contributed by atoms with E-state index in [0.717, 1.165) is 21.4 Å². The van der Waals surface area contributed by atoms with Crippen molar-refractivity contribution in [1.29, 1.82) is 0 Å². The summed E-state index contributed by atoms with van der Waals surface area (Å²) < 4.78 is 2.81. The minimum Gasteiger partial charge on any atom is -0.271 e. The summed E-state index contributed by atoms with van der Waals surface area (Å²) >= 11 is 14.5. The van der Waals surface area contributed by atoms with Crippen LogP contribution in [0.3, 0.4) is 0 Å². The van der Waals surface area contributed by atoms with E-state index in [4.69, 9.17) is 29.0 Å². The molecule has 102 valence electrons. The summed E-state index contributed by atoms with van der Waals surface area (Å²) in [5, 5.41) is 5.50. The fourth-order valence-corrected chi connectivity index (χ4v) is 2.71. The summed E-state index contributed by atoms with van der Waals surface area (Å²) in [7, 11) is 0. The van der Waals surface area contributed by atoms with Crippen LogP contribution in [0.4, 0.5) is 0 Å². The zero-order chi connectivity index (χ0) is 14.0. The normalized spacial score (nSPS) is 12.7. The van der Waals surface area contributed by atoms with Crippen LogP contribution in [0.2, 0.25) is 10.0 Å². The van der Waals surface area contributed by atoms with E-state index in [2.05, 4.69) is 33.1 Å². The van der Waals surface area contributed by atoms with Gasteiger partial charge in [0.1, 0.15) is 0 Å². The number of halogens is 3. The van der Waals surface area contributed by atoms with Crippen molar-refractivity contribution in [1.82, 2.24) is 15.2 Å². The topological polar surface area (TPSA) is 55.9 Å². The van der Waals surface area contributed by atoms with Crippen molar-refractivity contribution < 1.29 is 0 Å². The smallest absolute Gasteiger partial charge is 0.0894 e. The minimum atomic E-state index is -0.246. The van der Waals surface area contributed by atoms with E-state index in [9.17, 15) is 0 Å². The lowest BCUT2D eigenvalue weighted by Crippen LogP contribution is -2.31. The molecule has 1 atom stereocenters. The summed E-state index contributed by atoms with van der Waals surface area (Å²) in [6.07, 6.45) is 1.62. The molecule has 0 saturated heterocycles. The van der Waals surface area contributed by atoms with Gasteiger partial charge in [-0.15, -0.1) is 0 Å². The second-order valence-electron chi connectivity index (χ2n) is 3.97.